The van der Waals surface area contributed by atoms with E-state index in [0.717, 1.165) is 25.2 Å². The Bertz CT molecular complexity index is 1440. The second kappa shape index (κ2) is 12.2. The number of ether oxygens (including phenoxy) is 1. The maximum absolute atomic E-state index is 13.9. The van der Waals surface area contributed by atoms with E-state index in [4.69, 9.17) is 10.5 Å². The maximum Gasteiger partial charge on any atom is 0.408 e. The SMILES string of the molecule is CC(C)(C)OC(=O)N[C@@](C)(CF)C(=O)N1CCN(C(=O)Nc2ccn(-c3ccc(CN4C[C@@H]5C(N)[C@H]5C4)cc3)c(=O)n2)CC1. The Labute approximate surface area is 255 Å². The Morgan fingerprint density at radius 3 is 2.18 bits per heavy atom. The zero-order valence-electron chi connectivity index (χ0n) is 25.6. The number of piperidine rings is 1. The number of rotatable bonds is 7. The van der Waals surface area contributed by atoms with Crippen molar-refractivity contribution in [2.24, 2.45) is 17.6 Å². The van der Waals surface area contributed by atoms with E-state index in [0.29, 0.717) is 23.6 Å². The molecule has 2 aliphatic heterocycles. The van der Waals surface area contributed by atoms with Gasteiger partial charge in [0, 0.05) is 58.1 Å². The van der Waals surface area contributed by atoms with Crippen molar-refractivity contribution in [2.75, 3.05) is 51.3 Å². The van der Waals surface area contributed by atoms with Crippen molar-refractivity contribution in [1.29, 1.82) is 0 Å². The first kappa shape index (κ1) is 31.4. The Morgan fingerprint density at radius 2 is 1.61 bits per heavy atom. The molecule has 0 unspecified atom stereocenters. The average Bonchev–Trinajstić information content (AvgIpc) is 3.34. The summed E-state index contributed by atoms with van der Waals surface area (Å²) >= 11 is 0. The monoisotopic (exact) mass is 612 g/mol. The molecular weight excluding hydrogens is 571 g/mol. The van der Waals surface area contributed by atoms with Gasteiger partial charge in [-0.05, 0) is 63.3 Å². The third-order valence-electron chi connectivity index (χ3n) is 8.37. The van der Waals surface area contributed by atoms with E-state index in [9.17, 15) is 23.6 Å². The molecule has 238 valence electrons. The molecule has 3 fully saturated rings. The second-order valence-corrected chi connectivity index (χ2v) is 13.0. The molecule has 4 amide bonds. The number of nitrogens with one attached hydrogen (secondary N) is 2. The number of hydrogen-bond acceptors (Lipinski definition) is 8. The molecule has 1 aromatic carbocycles. The van der Waals surface area contributed by atoms with E-state index in [2.05, 4.69) is 20.5 Å². The van der Waals surface area contributed by atoms with E-state index >= 15 is 0 Å². The van der Waals surface area contributed by atoms with Crippen LogP contribution in [0.25, 0.3) is 5.69 Å². The molecule has 4 N–H and O–H groups in total. The van der Waals surface area contributed by atoms with Crippen molar-refractivity contribution in [3.05, 3.63) is 52.6 Å². The van der Waals surface area contributed by atoms with Crippen LogP contribution in [0.15, 0.2) is 41.3 Å². The fraction of sp³-hybridized carbons (Fsp3) is 0.567. The standard InChI is InChI=1S/C30H41FN8O5/c1-29(2,3)44-28(43)35-30(4,18-31)25(40)37-11-13-38(14-12-37)26(41)33-23-9-10-39(27(42)34-23)20-7-5-19(6-8-20)15-36-16-21-22(17-36)24(21)32/h5-10,21-22,24H,11-18,32H2,1-4H3,(H,35,43)(H,33,34,41,42)/t21-,22-,30-/m0/s1. The Hall–Kier alpha value is -4.04. The molecule has 3 aliphatic rings. The van der Waals surface area contributed by atoms with E-state index in [1.54, 1.807) is 33.0 Å². The largest absolute Gasteiger partial charge is 0.444 e. The molecule has 2 saturated heterocycles. The predicted octanol–water partition coefficient (Wildman–Crippen LogP) is 1.55. The molecule has 13 nitrogen and oxygen atoms in total. The number of hydrogen-bond donors (Lipinski definition) is 3. The molecular formula is C30H41FN8O5. The number of nitrogens with zero attached hydrogens (tertiary/aromatic N) is 5. The first-order valence-electron chi connectivity index (χ1n) is 14.9. The van der Waals surface area contributed by atoms with Crippen LogP contribution >= 0.6 is 0 Å². The summed E-state index contributed by atoms with van der Waals surface area (Å²) in [7, 11) is 0. The lowest BCUT2D eigenvalue weighted by atomic mass is 10.0. The maximum atomic E-state index is 13.9. The van der Waals surface area contributed by atoms with Gasteiger partial charge in [0.25, 0.3) is 5.91 Å². The summed E-state index contributed by atoms with van der Waals surface area (Å²) in [6.45, 7) is 8.69. The number of anilines is 1. The van der Waals surface area contributed by atoms with Crippen LogP contribution in [0.2, 0.25) is 0 Å². The Balaban J connectivity index is 1.11. The molecule has 14 heteroatoms. The molecule has 3 heterocycles. The lowest BCUT2D eigenvalue weighted by molar-refractivity contribution is -0.139. The van der Waals surface area contributed by atoms with Crippen molar-refractivity contribution < 1.29 is 23.5 Å². The van der Waals surface area contributed by atoms with Gasteiger partial charge in [-0.15, -0.1) is 0 Å². The number of benzene rings is 1. The van der Waals surface area contributed by atoms with Crippen LogP contribution in [0.5, 0.6) is 0 Å². The minimum absolute atomic E-state index is 0.101. The summed E-state index contributed by atoms with van der Waals surface area (Å²) in [6, 6.07) is 9.16. The van der Waals surface area contributed by atoms with E-state index in [-0.39, 0.29) is 32.0 Å². The van der Waals surface area contributed by atoms with Crippen molar-refractivity contribution in [1.82, 2.24) is 29.6 Å². The van der Waals surface area contributed by atoms with Crippen molar-refractivity contribution >= 4 is 23.8 Å². The topological polar surface area (TPSA) is 155 Å². The van der Waals surface area contributed by atoms with Gasteiger partial charge in [0.15, 0.2) is 0 Å². The minimum atomic E-state index is -1.80. The molecule has 44 heavy (non-hydrogen) atoms. The van der Waals surface area contributed by atoms with Crippen LogP contribution in [-0.2, 0) is 16.1 Å². The number of piperazine rings is 1. The number of nitrogens with two attached hydrogens (primary N) is 1. The van der Waals surface area contributed by atoms with E-state index in [1.807, 2.05) is 24.3 Å². The first-order chi connectivity index (χ1) is 20.8. The van der Waals surface area contributed by atoms with Crippen LogP contribution in [0.1, 0.15) is 33.3 Å². The highest BCUT2D eigenvalue weighted by Crippen LogP contribution is 2.44. The number of alkyl carbamates (subject to hydrolysis) is 1. The highest BCUT2D eigenvalue weighted by molar-refractivity contribution is 5.91. The summed E-state index contributed by atoms with van der Waals surface area (Å²) in [5.41, 5.74) is 4.70. The van der Waals surface area contributed by atoms with Gasteiger partial charge in [-0.1, -0.05) is 12.1 Å². The van der Waals surface area contributed by atoms with Crippen molar-refractivity contribution in [2.45, 2.75) is 51.4 Å². The highest BCUT2D eigenvalue weighted by atomic mass is 19.1. The molecule has 5 rings (SSSR count). The summed E-state index contributed by atoms with van der Waals surface area (Å²) in [4.78, 5) is 60.2. The Morgan fingerprint density at radius 1 is 1.00 bits per heavy atom. The average molecular weight is 613 g/mol. The fourth-order valence-corrected chi connectivity index (χ4v) is 5.80. The van der Waals surface area contributed by atoms with Crippen molar-refractivity contribution in [3.63, 3.8) is 0 Å². The number of fused-ring (bicyclic) bond motifs is 1. The number of carbonyl (C=O) groups excluding carboxylic acids is 3. The summed E-state index contributed by atoms with van der Waals surface area (Å²) < 4.78 is 20.5. The number of alkyl halides is 1. The van der Waals surface area contributed by atoms with Gasteiger partial charge in [0.2, 0.25) is 0 Å². The fourth-order valence-electron chi connectivity index (χ4n) is 5.80. The van der Waals surface area contributed by atoms with Gasteiger partial charge in [-0.2, -0.15) is 4.98 Å². The summed E-state index contributed by atoms with van der Waals surface area (Å²) in [5.74, 6) is 0.751. The summed E-state index contributed by atoms with van der Waals surface area (Å²) in [6.07, 6.45) is 0.663. The zero-order valence-corrected chi connectivity index (χ0v) is 25.6. The van der Waals surface area contributed by atoms with Gasteiger partial charge < -0.3 is 25.6 Å². The second-order valence-electron chi connectivity index (χ2n) is 13.0. The van der Waals surface area contributed by atoms with Crippen LogP contribution in [0, 0.1) is 11.8 Å². The van der Waals surface area contributed by atoms with Gasteiger partial charge in [0.1, 0.15) is 23.6 Å². The third-order valence-corrected chi connectivity index (χ3v) is 8.37. The van der Waals surface area contributed by atoms with Crippen LogP contribution in [0.3, 0.4) is 0 Å². The minimum Gasteiger partial charge on any atom is -0.444 e. The number of carbonyl (C=O) groups is 3. The van der Waals surface area contributed by atoms with Gasteiger partial charge >= 0.3 is 17.8 Å². The van der Waals surface area contributed by atoms with Crippen LogP contribution in [-0.4, -0.2) is 105 Å². The van der Waals surface area contributed by atoms with Gasteiger partial charge in [-0.3, -0.25) is 19.6 Å². The van der Waals surface area contributed by atoms with E-state index < -0.39 is 41.5 Å². The molecule has 2 aromatic rings. The molecule has 1 aliphatic carbocycles. The molecule has 0 radical (unpaired) electrons. The third kappa shape index (κ3) is 7.02. The van der Waals surface area contributed by atoms with Crippen molar-refractivity contribution in [3.8, 4) is 5.69 Å². The van der Waals surface area contributed by atoms with Crippen LogP contribution in [0.4, 0.5) is 19.8 Å². The Kier molecular flexibility index (Phi) is 8.67. The molecule has 1 saturated carbocycles. The molecule has 1 aromatic heterocycles. The lowest BCUT2D eigenvalue weighted by Crippen LogP contribution is -2.63. The molecule has 0 bridgehead atoms. The lowest BCUT2D eigenvalue weighted by Gasteiger charge is -2.39. The highest BCUT2D eigenvalue weighted by Gasteiger charge is 2.53. The normalized spacial score (nSPS) is 23.0. The number of urea groups is 1. The quantitative estimate of drug-likeness (QED) is 0.426. The van der Waals surface area contributed by atoms with E-state index in [1.165, 1.54) is 21.3 Å². The smallest absolute Gasteiger partial charge is 0.408 e. The number of halogens is 1. The molecule has 0 spiro atoms. The number of likely N-dealkylation sites (tertiary alicyclic amines) is 1. The number of amides is 4. The van der Waals surface area contributed by atoms with Gasteiger partial charge in [-0.25, -0.2) is 18.8 Å². The zero-order chi connectivity index (χ0) is 31.8. The summed E-state index contributed by atoms with van der Waals surface area (Å²) in [5, 5.41) is 4.98. The predicted molar refractivity (Wildman–Crippen MR) is 161 cm³/mol. The molecule has 3 atom stereocenters. The van der Waals surface area contributed by atoms with Crippen LogP contribution < -0.4 is 22.1 Å². The van der Waals surface area contributed by atoms with Gasteiger partial charge in [0.05, 0.1) is 5.69 Å². The number of aromatic nitrogens is 2. The first-order valence-corrected chi connectivity index (χ1v) is 14.9.